The number of rotatable bonds is 4. The Kier molecular flexibility index (Phi) is 3.66. The molecule has 0 saturated carbocycles. The van der Waals surface area contributed by atoms with Crippen molar-refractivity contribution >= 4 is 43.7 Å². The minimum absolute atomic E-state index is 0.00798. The van der Waals surface area contributed by atoms with Crippen molar-refractivity contribution in [3.05, 3.63) is 145 Å². The molecule has 9 rings (SSSR count). The molecule has 0 saturated heterocycles. The van der Waals surface area contributed by atoms with Crippen molar-refractivity contribution in [1.82, 2.24) is 19.5 Å². The number of para-hydroxylation sites is 2. The Morgan fingerprint density at radius 3 is 1.75 bits per heavy atom. The molecule has 3 aromatic heterocycles. The van der Waals surface area contributed by atoms with E-state index in [0.717, 1.165) is 49.4 Å². The molecule has 0 radical (unpaired) electrons. The van der Waals surface area contributed by atoms with E-state index in [1.807, 2.05) is 60.7 Å². The maximum atomic E-state index is 8.58. The van der Waals surface area contributed by atoms with E-state index in [-0.39, 0.29) is 28.6 Å². The van der Waals surface area contributed by atoms with Crippen LogP contribution in [0.15, 0.2) is 150 Å². The second-order valence-corrected chi connectivity index (χ2v) is 10.2. The fourth-order valence-electron chi connectivity index (χ4n) is 5.68. The standard InChI is InChI=1S/C39H24N4O/c1-3-11-25(12-4-1)37-40-38(26-13-5-2-6-14-26)42-39(41-37)27-19-21-28(22-20-27)43-33-17-9-7-15-29(33)31-23-32-30-16-8-10-18-35(30)44-36(32)24-34(31)43/h1-24H/i1D,2D,3D,4D,5D,6D,11D,12D,13D,14D. The molecule has 206 valence electrons. The Bertz CT molecular complexity index is 2920. The van der Waals surface area contributed by atoms with E-state index in [4.69, 9.17) is 18.1 Å². The highest BCUT2D eigenvalue weighted by molar-refractivity contribution is 6.17. The predicted molar refractivity (Wildman–Crippen MR) is 178 cm³/mol. The molecular formula is C39H24N4O. The van der Waals surface area contributed by atoms with Crippen LogP contribution in [-0.4, -0.2) is 19.5 Å². The van der Waals surface area contributed by atoms with Crippen LogP contribution in [0.4, 0.5) is 0 Å². The van der Waals surface area contributed by atoms with Gasteiger partial charge in [0.05, 0.1) is 24.7 Å². The molecule has 3 heterocycles. The number of hydrogen-bond acceptors (Lipinski definition) is 4. The third kappa shape index (κ3) is 3.91. The normalized spacial score (nSPS) is 14.8. The van der Waals surface area contributed by atoms with Crippen LogP contribution in [0.25, 0.3) is 83.6 Å². The van der Waals surface area contributed by atoms with Gasteiger partial charge in [-0.15, -0.1) is 0 Å². The first-order chi connectivity index (χ1) is 25.9. The third-order valence-corrected chi connectivity index (χ3v) is 7.64. The highest BCUT2D eigenvalue weighted by Crippen LogP contribution is 2.38. The highest BCUT2D eigenvalue weighted by Gasteiger charge is 2.17. The van der Waals surface area contributed by atoms with Crippen molar-refractivity contribution in [2.45, 2.75) is 0 Å². The molecule has 0 fully saturated rings. The van der Waals surface area contributed by atoms with Gasteiger partial charge < -0.3 is 8.98 Å². The van der Waals surface area contributed by atoms with Crippen LogP contribution in [0.5, 0.6) is 0 Å². The van der Waals surface area contributed by atoms with Crippen LogP contribution in [-0.2, 0) is 0 Å². The zero-order valence-electron chi connectivity index (χ0n) is 32.8. The zero-order valence-corrected chi connectivity index (χ0v) is 22.8. The van der Waals surface area contributed by atoms with E-state index in [1.165, 1.54) is 0 Å². The van der Waals surface area contributed by atoms with Gasteiger partial charge in [-0.25, -0.2) is 15.0 Å². The molecule has 0 bridgehead atoms. The van der Waals surface area contributed by atoms with E-state index < -0.39 is 60.4 Å². The first kappa shape index (κ1) is 16.5. The number of hydrogen-bond donors (Lipinski definition) is 0. The molecule has 0 amide bonds. The van der Waals surface area contributed by atoms with Gasteiger partial charge >= 0.3 is 0 Å². The zero-order chi connectivity index (χ0) is 37.7. The molecule has 0 spiro atoms. The largest absolute Gasteiger partial charge is 0.456 e. The summed E-state index contributed by atoms with van der Waals surface area (Å²) in [6.07, 6.45) is 0. The average Bonchev–Trinajstić information content (AvgIpc) is 3.71. The summed E-state index contributed by atoms with van der Waals surface area (Å²) in [6.45, 7) is 0. The summed E-state index contributed by atoms with van der Waals surface area (Å²) in [5, 5.41) is 4.13. The van der Waals surface area contributed by atoms with Gasteiger partial charge in [0.25, 0.3) is 0 Å². The number of furan rings is 1. The van der Waals surface area contributed by atoms with Crippen LogP contribution in [0.1, 0.15) is 13.7 Å². The lowest BCUT2D eigenvalue weighted by molar-refractivity contribution is 0.669. The SMILES string of the molecule is [2H]c1c([2H])c([2H])c(-c2nc(-c3ccc(-n4c5ccccc5c5cc6c(cc54)oc4ccccc46)cc3)nc(-c3c([2H])c([2H])c([2H])c([2H])c3[2H])n2)c([2H])c1[2H]. The van der Waals surface area contributed by atoms with E-state index in [1.54, 1.807) is 12.1 Å². The molecule has 0 aliphatic rings. The summed E-state index contributed by atoms with van der Waals surface area (Å²) >= 11 is 0. The van der Waals surface area contributed by atoms with Crippen LogP contribution in [0.3, 0.4) is 0 Å². The van der Waals surface area contributed by atoms with Crippen molar-refractivity contribution in [3.8, 4) is 39.9 Å². The molecule has 0 unspecified atom stereocenters. The second kappa shape index (κ2) is 9.75. The number of nitrogens with zero attached hydrogens (tertiary/aromatic N) is 4. The highest BCUT2D eigenvalue weighted by atomic mass is 16.3. The molecule has 5 nitrogen and oxygen atoms in total. The summed E-state index contributed by atoms with van der Waals surface area (Å²) in [5.41, 5.74) is 4.01. The molecule has 9 aromatic rings. The first-order valence-corrected chi connectivity index (χ1v) is 13.8. The van der Waals surface area contributed by atoms with Crippen LogP contribution in [0.2, 0.25) is 0 Å². The van der Waals surface area contributed by atoms with Crippen LogP contribution >= 0.6 is 0 Å². The van der Waals surface area contributed by atoms with Gasteiger partial charge in [-0.3, -0.25) is 0 Å². The Labute approximate surface area is 266 Å². The van der Waals surface area contributed by atoms with Crippen LogP contribution < -0.4 is 0 Å². The molecular weight excluding hydrogens is 540 g/mol. The summed E-state index contributed by atoms with van der Waals surface area (Å²) < 4.78 is 91.7. The maximum absolute atomic E-state index is 8.58. The lowest BCUT2D eigenvalue weighted by Crippen LogP contribution is -2.00. The monoisotopic (exact) mass is 574 g/mol. The lowest BCUT2D eigenvalue weighted by atomic mass is 10.1. The van der Waals surface area contributed by atoms with Crippen LogP contribution in [0, 0.1) is 0 Å². The van der Waals surface area contributed by atoms with E-state index in [9.17, 15) is 0 Å². The third-order valence-electron chi connectivity index (χ3n) is 7.64. The van der Waals surface area contributed by atoms with Crippen molar-refractivity contribution in [1.29, 1.82) is 0 Å². The maximum Gasteiger partial charge on any atom is 0.164 e. The predicted octanol–water partition coefficient (Wildman–Crippen LogP) is 9.87. The molecule has 0 aliphatic heterocycles. The first-order valence-electron chi connectivity index (χ1n) is 18.8. The lowest BCUT2D eigenvalue weighted by Gasteiger charge is -2.10. The van der Waals surface area contributed by atoms with E-state index >= 15 is 0 Å². The van der Waals surface area contributed by atoms with Crippen molar-refractivity contribution in [3.63, 3.8) is 0 Å². The van der Waals surface area contributed by atoms with Gasteiger partial charge in [0.2, 0.25) is 0 Å². The van der Waals surface area contributed by atoms with Gasteiger partial charge in [-0.1, -0.05) is 96.8 Å². The summed E-state index contributed by atoms with van der Waals surface area (Å²) in [7, 11) is 0. The summed E-state index contributed by atoms with van der Waals surface area (Å²) in [6, 6.07) is 21.5. The smallest absolute Gasteiger partial charge is 0.164 e. The molecule has 0 aliphatic carbocycles. The second-order valence-electron chi connectivity index (χ2n) is 10.2. The number of benzene rings is 6. The van der Waals surface area contributed by atoms with Gasteiger partial charge in [0, 0.05) is 50.0 Å². The number of aromatic nitrogens is 4. The Morgan fingerprint density at radius 2 is 1.07 bits per heavy atom. The molecule has 6 aromatic carbocycles. The molecule has 5 heteroatoms. The minimum Gasteiger partial charge on any atom is -0.456 e. The Balaban J connectivity index is 1.25. The quantitative estimate of drug-likeness (QED) is 0.210. The average molecular weight is 575 g/mol. The van der Waals surface area contributed by atoms with Gasteiger partial charge in [0.1, 0.15) is 11.2 Å². The molecule has 0 N–H and O–H groups in total. The topological polar surface area (TPSA) is 56.7 Å². The van der Waals surface area contributed by atoms with Gasteiger partial charge in [-0.05, 0) is 42.5 Å². The Morgan fingerprint density at radius 1 is 0.477 bits per heavy atom. The number of fused-ring (bicyclic) bond motifs is 6. The van der Waals surface area contributed by atoms with Gasteiger partial charge in [0.15, 0.2) is 17.5 Å². The van der Waals surface area contributed by atoms with E-state index in [2.05, 4.69) is 31.7 Å². The Hall–Kier alpha value is -6.07. The van der Waals surface area contributed by atoms with Crippen molar-refractivity contribution in [2.75, 3.05) is 0 Å². The van der Waals surface area contributed by atoms with Crippen molar-refractivity contribution in [2.24, 2.45) is 0 Å². The summed E-state index contributed by atoms with van der Waals surface area (Å²) in [4.78, 5) is 13.4. The fraction of sp³-hybridized carbons (Fsp3) is 0. The molecule has 44 heavy (non-hydrogen) atoms. The van der Waals surface area contributed by atoms with E-state index in [0.29, 0.717) is 5.56 Å². The molecule has 0 atom stereocenters. The minimum atomic E-state index is -0.604. The summed E-state index contributed by atoms with van der Waals surface area (Å²) in [5.74, 6) is -0.647. The van der Waals surface area contributed by atoms with Crippen molar-refractivity contribution < 1.29 is 18.1 Å². The fourth-order valence-corrected chi connectivity index (χ4v) is 5.68. The van der Waals surface area contributed by atoms with Gasteiger partial charge in [-0.2, -0.15) is 0 Å².